The van der Waals surface area contributed by atoms with Crippen LogP contribution in [-0.4, -0.2) is 41.7 Å². The molecular formula is C17H20N4O3. The Labute approximate surface area is 139 Å². The van der Waals surface area contributed by atoms with Gasteiger partial charge in [-0.2, -0.15) is 0 Å². The minimum atomic E-state index is -0.400. The average molecular weight is 328 g/mol. The molecule has 1 aliphatic heterocycles. The summed E-state index contributed by atoms with van der Waals surface area (Å²) in [6, 6.07) is 6.98. The zero-order valence-electron chi connectivity index (χ0n) is 13.5. The number of anilines is 1. The van der Waals surface area contributed by atoms with E-state index in [0.29, 0.717) is 13.2 Å². The fourth-order valence-electron chi connectivity index (χ4n) is 2.61. The third-order valence-corrected chi connectivity index (χ3v) is 3.89. The third kappa shape index (κ3) is 3.80. The molecule has 0 spiro atoms. The Morgan fingerprint density at radius 2 is 2.33 bits per heavy atom. The molecule has 2 aromatic rings. The van der Waals surface area contributed by atoms with Gasteiger partial charge in [0, 0.05) is 32.0 Å². The first kappa shape index (κ1) is 16.2. The number of aromatic nitrogens is 2. The lowest BCUT2D eigenvalue weighted by Crippen LogP contribution is -2.41. The Balaban J connectivity index is 1.59. The van der Waals surface area contributed by atoms with Gasteiger partial charge in [0.25, 0.3) is 11.5 Å². The van der Waals surface area contributed by atoms with Crippen LogP contribution in [0, 0.1) is 0 Å². The van der Waals surface area contributed by atoms with Gasteiger partial charge in [-0.25, -0.2) is 4.98 Å². The molecule has 1 aliphatic rings. The predicted molar refractivity (Wildman–Crippen MR) is 90.1 cm³/mol. The highest BCUT2D eigenvalue weighted by atomic mass is 16.5. The summed E-state index contributed by atoms with van der Waals surface area (Å²) in [4.78, 5) is 32.7. The lowest BCUT2D eigenvalue weighted by atomic mass is 10.2. The molecule has 3 heterocycles. The van der Waals surface area contributed by atoms with Crippen molar-refractivity contribution < 1.29 is 9.53 Å². The van der Waals surface area contributed by atoms with Crippen molar-refractivity contribution in [1.82, 2.24) is 15.3 Å². The Morgan fingerprint density at radius 3 is 3.04 bits per heavy atom. The van der Waals surface area contributed by atoms with E-state index < -0.39 is 11.5 Å². The molecule has 1 fully saturated rings. The number of morpholine rings is 1. The molecule has 126 valence electrons. The van der Waals surface area contributed by atoms with Crippen molar-refractivity contribution in [2.75, 3.05) is 24.6 Å². The van der Waals surface area contributed by atoms with Crippen LogP contribution in [0.15, 0.2) is 41.5 Å². The summed E-state index contributed by atoms with van der Waals surface area (Å²) in [6.45, 7) is 4.71. The van der Waals surface area contributed by atoms with Gasteiger partial charge in [0.1, 0.15) is 11.4 Å². The standard InChI is InChI=1S/C17H20N4O3/c1-12-11-21(7-8-24-12)15-5-4-13(9-19-15)10-20-17(23)14-3-2-6-18-16(14)22/h2-6,9,12H,7-8,10-11H2,1H3,(H,18,22)(H,20,23). The van der Waals surface area contributed by atoms with Gasteiger partial charge in [0.05, 0.1) is 12.7 Å². The van der Waals surface area contributed by atoms with Crippen molar-refractivity contribution in [3.05, 3.63) is 58.1 Å². The minimum absolute atomic E-state index is 0.101. The van der Waals surface area contributed by atoms with Gasteiger partial charge in [-0.05, 0) is 30.7 Å². The summed E-state index contributed by atoms with van der Waals surface area (Å²) in [6.07, 6.45) is 3.43. The molecule has 0 aliphatic carbocycles. The molecule has 1 atom stereocenters. The van der Waals surface area contributed by atoms with E-state index in [1.165, 1.54) is 12.3 Å². The minimum Gasteiger partial charge on any atom is -0.375 e. The topological polar surface area (TPSA) is 87.3 Å². The number of pyridine rings is 2. The van der Waals surface area contributed by atoms with Crippen LogP contribution in [0.25, 0.3) is 0 Å². The van der Waals surface area contributed by atoms with E-state index in [2.05, 4.69) is 20.2 Å². The molecule has 3 rings (SSSR count). The Bertz CT molecular complexity index is 757. The second kappa shape index (κ2) is 7.27. The molecule has 2 aromatic heterocycles. The molecule has 1 unspecified atom stereocenters. The number of amides is 1. The predicted octanol–water partition coefficient (Wildman–Crippen LogP) is 0.925. The van der Waals surface area contributed by atoms with Crippen LogP contribution in [-0.2, 0) is 11.3 Å². The molecule has 24 heavy (non-hydrogen) atoms. The number of H-pyrrole nitrogens is 1. The SMILES string of the molecule is CC1CN(c2ccc(CNC(=O)c3ccc[nH]c3=O)cn2)CCO1. The third-order valence-electron chi connectivity index (χ3n) is 3.89. The number of nitrogens with zero attached hydrogens (tertiary/aromatic N) is 2. The first-order valence-corrected chi connectivity index (χ1v) is 7.91. The Hall–Kier alpha value is -2.67. The lowest BCUT2D eigenvalue weighted by molar-refractivity contribution is 0.0529. The zero-order chi connectivity index (χ0) is 16.9. The zero-order valence-corrected chi connectivity index (χ0v) is 13.5. The van der Waals surface area contributed by atoms with Crippen LogP contribution < -0.4 is 15.8 Å². The lowest BCUT2D eigenvalue weighted by Gasteiger charge is -2.32. The first-order valence-electron chi connectivity index (χ1n) is 7.91. The second-order valence-corrected chi connectivity index (χ2v) is 5.75. The highest BCUT2D eigenvalue weighted by Gasteiger charge is 2.17. The van der Waals surface area contributed by atoms with E-state index in [1.807, 2.05) is 19.1 Å². The quantitative estimate of drug-likeness (QED) is 0.872. The molecule has 1 amide bonds. The number of carbonyl (C=O) groups excluding carboxylic acids is 1. The Morgan fingerprint density at radius 1 is 1.46 bits per heavy atom. The first-order chi connectivity index (χ1) is 11.6. The summed E-state index contributed by atoms with van der Waals surface area (Å²) >= 11 is 0. The number of rotatable bonds is 4. The number of carbonyl (C=O) groups is 1. The fourth-order valence-corrected chi connectivity index (χ4v) is 2.61. The maximum absolute atomic E-state index is 12.0. The summed E-state index contributed by atoms with van der Waals surface area (Å²) in [7, 11) is 0. The van der Waals surface area contributed by atoms with Crippen LogP contribution in [0.1, 0.15) is 22.8 Å². The van der Waals surface area contributed by atoms with Gasteiger partial charge in [-0.3, -0.25) is 9.59 Å². The van der Waals surface area contributed by atoms with Crippen molar-refractivity contribution >= 4 is 11.7 Å². The van der Waals surface area contributed by atoms with E-state index in [1.54, 1.807) is 12.3 Å². The van der Waals surface area contributed by atoms with Crippen LogP contribution >= 0.6 is 0 Å². The van der Waals surface area contributed by atoms with E-state index in [9.17, 15) is 9.59 Å². The van der Waals surface area contributed by atoms with Crippen LogP contribution in [0.3, 0.4) is 0 Å². The smallest absolute Gasteiger partial charge is 0.260 e. The van der Waals surface area contributed by atoms with E-state index >= 15 is 0 Å². The molecule has 0 bridgehead atoms. The number of hydrogen-bond acceptors (Lipinski definition) is 5. The number of hydrogen-bond donors (Lipinski definition) is 2. The van der Waals surface area contributed by atoms with Gasteiger partial charge in [-0.15, -0.1) is 0 Å². The molecule has 0 saturated carbocycles. The maximum atomic E-state index is 12.0. The fraction of sp³-hybridized carbons (Fsp3) is 0.353. The van der Waals surface area contributed by atoms with Gasteiger partial charge in [-0.1, -0.05) is 6.07 Å². The molecule has 1 saturated heterocycles. The van der Waals surface area contributed by atoms with Gasteiger partial charge in [0.2, 0.25) is 0 Å². The largest absolute Gasteiger partial charge is 0.375 e. The van der Waals surface area contributed by atoms with E-state index in [-0.39, 0.29) is 11.7 Å². The molecule has 0 radical (unpaired) electrons. The summed E-state index contributed by atoms with van der Waals surface area (Å²) in [5.74, 6) is 0.502. The van der Waals surface area contributed by atoms with Gasteiger partial charge in [0.15, 0.2) is 0 Å². The van der Waals surface area contributed by atoms with Crippen LogP contribution in [0.2, 0.25) is 0 Å². The number of ether oxygens (including phenoxy) is 1. The maximum Gasteiger partial charge on any atom is 0.260 e. The van der Waals surface area contributed by atoms with Crippen molar-refractivity contribution in [1.29, 1.82) is 0 Å². The average Bonchev–Trinajstić information content (AvgIpc) is 2.60. The molecule has 7 heteroatoms. The highest BCUT2D eigenvalue weighted by Crippen LogP contribution is 2.15. The molecular weight excluding hydrogens is 308 g/mol. The monoisotopic (exact) mass is 328 g/mol. The van der Waals surface area contributed by atoms with Gasteiger partial charge < -0.3 is 19.9 Å². The highest BCUT2D eigenvalue weighted by molar-refractivity contribution is 5.93. The molecule has 7 nitrogen and oxygen atoms in total. The van der Waals surface area contributed by atoms with Crippen molar-refractivity contribution in [3.8, 4) is 0 Å². The van der Waals surface area contributed by atoms with Crippen molar-refractivity contribution in [2.24, 2.45) is 0 Å². The summed E-state index contributed by atoms with van der Waals surface area (Å²) in [5.41, 5.74) is 0.579. The summed E-state index contributed by atoms with van der Waals surface area (Å²) in [5, 5.41) is 2.73. The van der Waals surface area contributed by atoms with Crippen molar-refractivity contribution in [3.63, 3.8) is 0 Å². The normalized spacial score (nSPS) is 17.5. The number of aromatic amines is 1. The van der Waals surface area contributed by atoms with E-state index in [0.717, 1.165) is 24.5 Å². The molecule has 2 N–H and O–H groups in total. The Kier molecular flexibility index (Phi) is 4.90. The molecule has 0 aromatic carbocycles. The second-order valence-electron chi connectivity index (χ2n) is 5.75. The van der Waals surface area contributed by atoms with Crippen LogP contribution in [0.4, 0.5) is 5.82 Å². The van der Waals surface area contributed by atoms with Crippen LogP contribution in [0.5, 0.6) is 0 Å². The van der Waals surface area contributed by atoms with E-state index in [4.69, 9.17) is 4.74 Å². The number of nitrogens with one attached hydrogen (secondary N) is 2. The van der Waals surface area contributed by atoms with Gasteiger partial charge >= 0.3 is 0 Å². The van der Waals surface area contributed by atoms with Crippen molar-refractivity contribution in [2.45, 2.75) is 19.6 Å². The summed E-state index contributed by atoms with van der Waals surface area (Å²) < 4.78 is 5.52.